The summed E-state index contributed by atoms with van der Waals surface area (Å²) in [6, 6.07) is 4.53. The Kier molecular flexibility index (Phi) is 4.78. The maximum Gasteiger partial charge on any atom is 0.240 e. The average molecular weight is 257 g/mol. The molecular formula is C12H17ClN2O2. The van der Waals surface area contributed by atoms with Crippen LogP contribution in [0.5, 0.6) is 5.75 Å². The number of halogens is 1. The van der Waals surface area contributed by atoms with Gasteiger partial charge in [-0.25, -0.2) is 0 Å². The molecule has 1 amide bonds. The molecule has 0 heterocycles. The van der Waals surface area contributed by atoms with Crippen LogP contribution in [0.2, 0.25) is 5.02 Å². The highest BCUT2D eigenvalue weighted by Gasteiger charge is 2.09. The molecule has 0 radical (unpaired) electrons. The number of carbonyl (C=O) groups is 1. The highest BCUT2D eigenvalue weighted by Crippen LogP contribution is 2.28. The molecule has 0 saturated carbocycles. The molecule has 4 nitrogen and oxygen atoms in total. The van der Waals surface area contributed by atoms with Crippen LogP contribution in [0.25, 0.3) is 0 Å². The van der Waals surface area contributed by atoms with Crippen molar-refractivity contribution in [1.82, 2.24) is 0 Å². The first-order valence-corrected chi connectivity index (χ1v) is 5.80. The molecule has 5 heteroatoms. The lowest BCUT2D eigenvalue weighted by Crippen LogP contribution is -2.32. The predicted molar refractivity (Wildman–Crippen MR) is 69.5 cm³/mol. The lowest BCUT2D eigenvalue weighted by molar-refractivity contribution is -0.117. The molecule has 0 fully saturated rings. The molecule has 0 spiro atoms. The summed E-state index contributed by atoms with van der Waals surface area (Å²) in [6.45, 7) is 5.46. The van der Waals surface area contributed by atoms with Crippen LogP contribution in [-0.2, 0) is 4.79 Å². The van der Waals surface area contributed by atoms with Crippen molar-refractivity contribution in [3.05, 3.63) is 23.2 Å². The van der Waals surface area contributed by atoms with Gasteiger partial charge in [-0.1, -0.05) is 11.6 Å². The summed E-state index contributed by atoms with van der Waals surface area (Å²) in [5.41, 5.74) is 6.05. The van der Waals surface area contributed by atoms with E-state index in [9.17, 15) is 4.79 Å². The first-order valence-electron chi connectivity index (χ1n) is 5.43. The molecular weight excluding hydrogens is 240 g/mol. The minimum Gasteiger partial charge on any atom is -0.489 e. The van der Waals surface area contributed by atoms with E-state index in [2.05, 4.69) is 5.32 Å². The summed E-state index contributed by atoms with van der Waals surface area (Å²) in [6.07, 6.45) is 0.0528. The number of nitrogens with one attached hydrogen (secondary N) is 1. The Bertz CT molecular complexity index is 405. The summed E-state index contributed by atoms with van der Waals surface area (Å²) in [5.74, 6) is 0.346. The Morgan fingerprint density at radius 2 is 2.06 bits per heavy atom. The zero-order valence-electron chi connectivity index (χ0n) is 10.2. The van der Waals surface area contributed by atoms with Gasteiger partial charge in [-0.2, -0.15) is 0 Å². The first-order chi connectivity index (χ1) is 7.90. The van der Waals surface area contributed by atoms with Crippen LogP contribution >= 0.6 is 11.6 Å². The lowest BCUT2D eigenvalue weighted by Gasteiger charge is -2.13. The van der Waals surface area contributed by atoms with E-state index in [1.165, 1.54) is 0 Å². The molecule has 1 rings (SSSR count). The molecule has 1 unspecified atom stereocenters. The zero-order valence-corrected chi connectivity index (χ0v) is 10.9. The SMILES string of the molecule is CC(C)Oc1ccc(NC(=O)C(C)N)cc1Cl. The minimum absolute atomic E-state index is 0.0528. The summed E-state index contributed by atoms with van der Waals surface area (Å²) in [5, 5.41) is 3.12. The van der Waals surface area contributed by atoms with E-state index in [0.717, 1.165) is 0 Å². The Labute approximate surface area is 106 Å². The molecule has 1 atom stereocenters. The fraction of sp³-hybridized carbons (Fsp3) is 0.417. The predicted octanol–water partition coefficient (Wildman–Crippen LogP) is 2.41. The van der Waals surface area contributed by atoms with Crippen molar-refractivity contribution < 1.29 is 9.53 Å². The van der Waals surface area contributed by atoms with Gasteiger partial charge in [0.2, 0.25) is 5.91 Å². The van der Waals surface area contributed by atoms with Crippen LogP contribution in [0.4, 0.5) is 5.69 Å². The smallest absolute Gasteiger partial charge is 0.240 e. The van der Waals surface area contributed by atoms with E-state index in [1.54, 1.807) is 25.1 Å². The van der Waals surface area contributed by atoms with Crippen LogP contribution in [0, 0.1) is 0 Å². The zero-order chi connectivity index (χ0) is 13.0. The van der Waals surface area contributed by atoms with E-state index in [-0.39, 0.29) is 12.0 Å². The Morgan fingerprint density at radius 1 is 1.41 bits per heavy atom. The van der Waals surface area contributed by atoms with Gasteiger partial charge < -0.3 is 15.8 Å². The summed E-state index contributed by atoms with van der Waals surface area (Å²) < 4.78 is 5.48. The molecule has 17 heavy (non-hydrogen) atoms. The molecule has 0 aromatic heterocycles. The number of benzene rings is 1. The van der Waals surface area contributed by atoms with Gasteiger partial charge in [0, 0.05) is 5.69 Å². The topological polar surface area (TPSA) is 64.3 Å². The molecule has 1 aromatic rings. The van der Waals surface area contributed by atoms with Crippen LogP contribution in [-0.4, -0.2) is 18.1 Å². The van der Waals surface area contributed by atoms with Gasteiger partial charge in [-0.05, 0) is 39.0 Å². The quantitative estimate of drug-likeness (QED) is 0.870. The Balaban J connectivity index is 2.78. The second-order valence-corrected chi connectivity index (χ2v) is 4.50. The fourth-order valence-corrected chi connectivity index (χ4v) is 1.41. The molecule has 94 valence electrons. The van der Waals surface area contributed by atoms with E-state index >= 15 is 0 Å². The van der Waals surface area contributed by atoms with E-state index in [0.29, 0.717) is 16.5 Å². The van der Waals surface area contributed by atoms with Gasteiger partial charge in [-0.15, -0.1) is 0 Å². The van der Waals surface area contributed by atoms with Crippen LogP contribution in [0.1, 0.15) is 20.8 Å². The number of rotatable bonds is 4. The molecule has 0 aliphatic carbocycles. The standard InChI is InChI=1S/C12H17ClN2O2/c1-7(2)17-11-5-4-9(6-10(11)13)15-12(16)8(3)14/h4-8H,14H2,1-3H3,(H,15,16). The second-order valence-electron chi connectivity index (χ2n) is 4.09. The summed E-state index contributed by atoms with van der Waals surface area (Å²) >= 11 is 6.03. The highest BCUT2D eigenvalue weighted by molar-refractivity contribution is 6.32. The van der Waals surface area contributed by atoms with Crippen molar-refractivity contribution in [3.63, 3.8) is 0 Å². The summed E-state index contributed by atoms with van der Waals surface area (Å²) in [4.78, 5) is 11.4. The number of ether oxygens (including phenoxy) is 1. The largest absolute Gasteiger partial charge is 0.489 e. The van der Waals surface area contributed by atoms with E-state index in [1.807, 2.05) is 13.8 Å². The molecule has 0 aliphatic heterocycles. The number of anilines is 1. The average Bonchev–Trinajstić information content (AvgIpc) is 2.21. The van der Waals surface area contributed by atoms with Gasteiger partial charge in [0.25, 0.3) is 0 Å². The summed E-state index contributed by atoms with van der Waals surface area (Å²) in [7, 11) is 0. The van der Waals surface area contributed by atoms with Crippen molar-refractivity contribution in [3.8, 4) is 5.75 Å². The molecule has 3 N–H and O–H groups in total. The third kappa shape index (κ3) is 4.24. The first kappa shape index (κ1) is 13.8. The Hall–Kier alpha value is -1.26. The van der Waals surface area contributed by atoms with Gasteiger partial charge in [0.15, 0.2) is 0 Å². The van der Waals surface area contributed by atoms with E-state index < -0.39 is 6.04 Å². The number of amides is 1. The van der Waals surface area contributed by atoms with Crippen molar-refractivity contribution in [2.24, 2.45) is 5.73 Å². The van der Waals surface area contributed by atoms with Gasteiger partial charge >= 0.3 is 0 Å². The maximum absolute atomic E-state index is 11.4. The van der Waals surface area contributed by atoms with Crippen LogP contribution in [0.3, 0.4) is 0 Å². The third-order valence-electron chi connectivity index (χ3n) is 1.98. The molecule has 0 saturated heterocycles. The molecule has 0 aliphatic rings. The molecule has 0 bridgehead atoms. The Morgan fingerprint density at radius 3 is 2.53 bits per heavy atom. The van der Waals surface area contributed by atoms with Crippen molar-refractivity contribution in [1.29, 1.82) is 0 Å². The molecule has 1 aromatic carbocycles. The lowest BCUT2D eigenvalue weighted by atomic mass is 10.2. The van der Waals surface area contributed by atoms with Crippen molar-refractivity contribution in [2.75, 3.05) is 5.32 Å². The number of carbonyl (C=O) groups excluding carboxylic acids is 1. The van der Waals surface area contributed by atoms with Crippen molar-refractivity contribution >= 4 is 23.2 Å². The third-order valence-corrected chi connectivity index (χ3v) is 2.27. The fourth-order valence-electron chi connectivity index (χ4n) is 1.18. The van der Waals surface area contributed by atoms with Crippen molar-refractivity contribution in [2.45, 2.75) is 32.9 Å². The van der Waals surface area contributed by atoms with Crippen LogP contribution in [0.15, 0.2) is 18.2 Å². The van der Waals surface area contributed by atoms with Crippen LogP contribution < -0.4 is 15.8 Å². The minimum atomic E-state index is -0.555. The van der Waals surface area contributed by atoms with Gasteiger partial charge in [0.05, 0.1) is 17.2 Å². The maximum atomic E-state index is 11.4. The number of hydrogen-bond acceptors (Lipinski definition) is 3. The monoisotopic (exact) mass is 256 g/mol. The van der Waals surface area contributed by atoms with E-state index in [4.69, 9.17) is 22.1 Å². The number of nitrogens with two attached hydrogens (primary N) is 1. The normalized spacial score (nSPS) is 12.4. The van der Waals surface area contributed by atoms with Gasteiger partial charge in [0.1, 0.15) is 5.75 Å². The van der Waals surface area contributed by atoms with Gasteiger partial charge in [-0.3, -0.25) is 4.79 Å². The highest BCUT2D eigenvalue weighted by atomic mass is 35.5. The second kappa shape index (κ2) is 5.89. The number of hydrogen-bond donors (Lipinski definition) is 2.